The quantitative estimate of drug-likeness (QED) is 0.0876. The first-order chi connectivity index (χ1) is 31.9. The third-order valence-electron chi connectivity index (χ3n) is 11.7. The Labute approximate surface area is 391 Å². The number of amides is 6. The number of hydrogen-bond donors (Lipinski definition) is 6. The van der Waals surface area contributed by atoms with Gasteiger partial charge in [-0.05, 0) is 71.7 Å². The molecule has 1 aliphatic carbocycles. The molecule has 2 aromatic heterocycles. The van der Waals surface area contributed by atoms with Crippen LogP contribution in [0.2, 0.25) is 0 Å². The molecule has 4 atom stereocenters. The number of carbonyl (C=O) groups excluding carboxylic acids is 6. The summed E-state index contributed by atoms with van der Waals surface area (Å²) >= 11 is 1.55. The topological polar surface area (TPSA) is 246 Å². The largest absolute Gasteiger partial charge is 0.507 e. The molecule has 3 aromatic carbocycles. The van der Waals surface area contributed by atoms with Crippen molar-refractivity contribution in [3.8, 4) is 33.3 Å². The molecule has 0 spiro atoms. The van der Waals surface area contributed by atoms with E-state index in [1.54, 1.807) is 69.9 Å². The van der Waals surface area contributed by atoms with Gasteiger partial charge < -0.3 is 50.5 Å². The fraction of sp³-hybridized carbons (Fsp3) is 0.375. The standard InChI is InChI=1S/C48H54N8O10S/c1-26-42(67-25-51-26)29-9-7-27(8-10-29)21-50-45(62)37-18-31(57)23-56(37)47(64)43(48(2,3)4)53-40(59)22-49-41(60)24-65-32-14-11-28-13-16-35(34(28)19-32)52-44(61)36-20-39(66-54-36)30-12-15-33(38(58)17-30)46(63)55(5)6/h7-12,14-15,17,19-20,25,31,35,37,43,57-58H,13,16,18,21-24H2,1-6H3,(H,49,60)(H,50,62)(H,52,61)(H,53,59)/t31-,35-,37+,43-/m1/s1. The average molecular weight is 935 g/mol. The first-order valence-corrected chi connectivity index (χ1v) is 22.6. The zero-order valence-electron chi connectivity index (χ0n) is 38.0. The lowest BCUT2D eigenvalue weighted by Crippen LogP contribution is -2.58. The number of β-amino-alcohol motifs (C(OH)–C–C–N with tert-alkyl or cyclic N) is 1. The van der Waals surface area contributed by atoms with E-state index in [-0.39, 0.29) is 48.2 Å². The number of aromatic hydroxyl groups is 1. The van der Waals surface area contributed by atoms with Gasteiger partial charge in [0.15, 0.2) is 18.1 Å². The smallest absolute Gasteiger partial charge is 0.273 e. The number of aliphatic hydroxyl groups is 1. The van der Waals surface area contributed by atoms with E-state index >= 15 is 0 Å². The van der Waals surface area contributed by atoms with Crippen LogP contribution < -0.4 is 26.0 Å². The predicted molar refractivity (Wildman–Crippen MR) is 247 cm³/mol. The van der Waals surface area contributed by atoms with Crippen molar-refractivity contribution in [1.29, 1.82) is 0 Å². The van der Waals surface area contributed by atoms with Crippen molar-refractivity contribution in [1.82, 2.24) is 41.2 Å². The third-order valence-corrected chi connectivity index (χ3v) is 12.7. The lowest BCUT2D eigenvalue weighted by Gasteiger charge is -2.35. The number of ether oxygens (including phenoxy) is 1. The summed E-state index contributed by atoms with van der Waals surface area (Å²) < 4.78 is 11.2. The first kappa shape index (κ1) is 47.8. The Morgan fingerprint density at radius 2 is 1.72 bits per heavy atom. The molecule has 2 aliphatic rings. The van der Waals surface area contributed by atoms with Crippen molar-refractivity contribution in [3.05, 3.63) is 106 Å². The van der Waals surface area contributed by atoms with Gasteiger partial charge in [-0.15, -0.1) is 11.3 Å². The molecular formula is C48H54N8O10S. The SMILES string of the molecule is Cc1ncsc1-c1ccc(CNC(=O)[C@@H]2C[C@@H](O)CN2C(=O)[C@@H](NC(=O)CNC(=O)COc2ccc3c(c2)[C@H](NC(=O)c2cc(-c4ccc(C(=O)N(C)C)c(O)c4)on2)CC3)C(C)(C)C)cc1. The Balaban J connectivity index is 0.885. The number of hydrogen-bond acceptors (Lipinski definition) is 13. The van der Waals surface area contributed by atoms with E-state index in [4.69, 9.17) is 9.26 Å². The number of likely N-dealkylation sites (tertiary alicyclic amines) is 1. The van der Waals surface area contributed by atoms with Crippen LogP contribution in [0, 0.1) is 12.3 Å². The van der Waals surface area contributed by atoms with Gasteiger partial charge in [0.05, 0.1) is 40.3 Å². The van der Waals surface area contributed by atoms with E-state index in [1.165, 1.54) is 28.0 Å². The van der Waals surface area contributed by atoms with E-state index in [2.05, 4.69) is 31.4 Å². The fourth-order valence-corrected chi connectivity index (χ4v) is 8.86. The molecule has 1 aliphatic heterocycles. The van der Waals surface area contributed by atoms with Gasteiger partial charge in [-0.1, -0.05) is 62.3 Å². The Hall–Kier alpha value is -7.12. The van der Waals surface area contributed by atoms with Crippen molar-refractivity contribution >= 4 is 46.8 Å². The molecule has 0 unspecified atom stereocenters. The molecule has 352 valence electrons. The second kappa shape index (κ2) is 20.2. The molecule has 18 nitrogen and oxygen atoms in total. The number of phenols is 1. The summed E-state index contributed by atoms with van der Waals surface area (Å²) in [5, 5.41) is 36.0. The zero-order chi connectivity index (χ0) is 48.2. The molecule has 6 amide bonds. The van der Waals surface area contributed by atoms with Crippen molar-refractivity contribution in [3.63, 3.8) is 0 Å². The van der Waals surface area contributed by atoms with E-state index in [9.17, 15) is 39.0 Å². The van der Waals surface area contributed by atoms with Crippen LogP contribution in [0.1, 0.15) is 82.9 Å². The number of carbonyl (C=O) groups is 6. The summed E-state index contributed by atoms with van der Waals surface area (Å²) in [6.07, 6.45) is 0.399. The normalized spacial score (nSPS) is 17.0. The number of nitrogens with one attached hydrogen (secondary N) is 4. The minimum absolute atomic E-state index is 0.0150. The van der Waals surface area contributed by atoms with Crippen LogP contribution in [-0.4, -0.2) is 118 Å². The predicted octanol–water partition coefficient (Wildman–Crippen LogP) is 3.90. The summed E-state index contributed by atoms with van der Waals surface area (Å²) in [5.74, 6) is -2.70. The summed E-state index contributed by atoms with van der Waals surface area (Å²) in [6.45, 7) is 6.50. The van der Waals surface area contributed by atoms with Crippen LogP contribution in [0.4, 0.5) is 0 Å². The van der Waals surface area contributed by atoms with Crippen molar-refractivity contribution in [2.45, 2.75) is 77.7 Å². The number of aliphatic hydroxyl groups excluding tert-OH is 1. The van der Waals surface area contributed by atoms with E-state index in [0.717, 1.165) is 32.8 Å². The van der Waals surface area contributed by atoms with Crippen LogP contribution in [0.3, 0.4) is 0 Å². The molecule has 1 saturated heterocycles. The maximum absolute atomic E-state index is 14.0. The van der Waals surface area contributed by atoms with Gasteiger partial charge in [0.2, 0.25) is 17.7 Å². The molecule has 3 heterocycles. The molecule has 5 aromatic rings. The molecule has 0 saturated carbocycles. The zero-order valence-corrected chi connectivity index (χ0v) is 38.9. The lowest BCUT2D eigenvalue weighted by molar-refractivity contribution is -0.144. The summed E-state index contributed by atoms with van der Waals surface area (Å²) in [6, 6.07) is 16.5. The highest BCUT2D eigenvalue weighted by Crippen LogP contribution is 2.35. The van der Waals surface area contributed by atoms with Gasteiger partial charge in [0.25, 0.3) is 17.7 Å². The van der Waals surface area contributed by atoms with Crippen LogP contribution in [0.25, 0.3) is 21.8 Å². The van der Waals surface area contributed by atoms with Crippen molar-refractivity contribution in [2.24, 2.45) is 5.41 Å². The number of benzene rings is 3. The molecule has 67 heavy (non-hydrogen) atoms. The lowest BCUT2D eigenvalue weighted by atomic mass is 9.85. The number of aromatic nitrogens is 2. The maximum Gasteiger partial charge on any atom is 0.273 e. The number of aryl methyl sites for hydroxylation is 2. The van der Waals surface area contributed by atoms with Gasteiger partial charge in [0.1, 0.15) is 23.6 Å². The molecule has 7 rings (SSSR count). The second-order valence-electron chi connectivity index (χ2n) is 17.9. The minimum Gasteiger partial charge on any atom is -0.507 e. The van der Waals surface area contributed by atoms with Crippen molar-refractivity contribution in [2.75, 3.05) is 33.8 Å². The highest BCUT2D eigenvalue weighted by molar-refractivity contribution is 7.13. The molecule has 0 bridgehead atoms. The third kappa shape index (κ3) is 11.3. The van der Waals surface area contributed by atoms with Crippen LogP contribution in [0.5, 0.6) is 11.5 Å². The number of thiazole rings is 1. The van der Waals surface area contributed by atoms with Crippen LogP contribution >= 0.6 is 11.3 Å². The number of rotatable bonds is 15. The van der Waals surface area contributed by atoms with Gasteiger partial charge in [0, 0.05) is 45.2 Å². The van der Waals surface area contributed by atoms with Gasteiger partial charge in [-0.3, -0.25) is 28.8 Å². The maximum atomic E-state index is 14.0. The van der Waals surface area contributed by atoms with Crippen LogP contribution in [0.15, 0.2) is 76.8 Å². The van der Waals surface area contributed by atoms with Crippen molar-refractivity contribution < 1.29 is 48.2 Å². The van der Waals surface area contributed by atoms with Gasteiger partial charge >= 0.3 is 0 Å². The van der Waals surface area contributed by atoms with E-state index in [1.807, 2.05) is 37.3 Å². The Morgan fingerprint density at radius 1 is 0.970 bits per heavy atom. The van der Waals surface area contributed by atoms with Gasteiger partial charge in [-0.2, -0.15) is 0 Å². The summed E-state index contributed by atoms with van der Waals surface area (Å²) in [7, 11) is 3.15. The summed E-state index contributed by atoms with van der Waals surface area (Å²) in [4.78, 5) is 87.2. The Kier molecular flexibility index (Phi) is 14.4. The monoisotopic (exact) mass is 934 g/mol. The highest BCUT2D eigenvalue weighted by atomic mass is 32.1. The molecular weight excluding hydrogens is 881 g/mol. The first-order valence-electron chi connectivity index (χ1n) is 21.8. The van der Waals surface area contributed by atoms with Gasteiger partial charge in [-0.25, -0.2) is 4.98 Å². The number of nitrogens with zero attached hydrogens (tertiary/aromatic N) is 4. The Morgan fingerprint density at radius 3 is 2.40 bits per heavy atom. The van der Waals surface area contributed by atoms with Crippen LogP contribution in [-0.2, 0) is 32.1 Å². The molecule has 0 radical (unpaired) electrons. The minimum atomic E-state index is -1.09. The molecule has 6 N–H and O–H groups in total. The summed E-state index contributed by atoms with van der Waals surface area (Å²) in [5.41, 5.74) is 6.16. The molecule has 1 fully saturated rings. The fourth-order valence-electron chi connectivity index (χ4n) is 8.05. The van der Waals surface area contributed by atoms with E-state index in [0.29, 0.717) is 24.2 Å². The number of phenolic OH excluding ortho intramolecular Hbond substituents is 1. The molecule has 19 heteroatoms. The highest BCUT2D eigenvalue weighted by Gasteiger charge is 2.44. The second-order valence-corrected chi connectivity index (χ2v) is 18.8. The Bertz CT molecular complexity index is 2670. The van der Waals surface area contributed by atoms with E-state index < -0.39 is 72.3 Å². The average Bonchev–Trinajstić information content (AvgIpc) is 4.13. The number of fused-ring (bicyclic) bond motifs is 1.